The van der Waals surface area contributed by atoms with Crippen LogP contribution in [-0.2, 0) is 16.4 Å². The molecule has 0 saturated carbocycles. The Kier molecular flexibility index (Phi) is 6.29. The van der Waals surface area contributed by atoms with Gasteiger partial charge in [-0.1, -0.05) is 13.0 Å². The van der Waals surface area contributed by atoms with E-state index >= 15 is 0 Å². The predicted octanol–water partition coefficient (Wildman–Crippen LogP) is 2.58. The molecule has 2 aromatic carbocycles. The van der Waals surface area contributed by atoms with Crippen molar-refractivity contribution in [2.75, 3.05) is 22.7 Å². The summed E-state index contributed by atoms with van der Waals surface area (Å²) in [4.78, 5) is 13.1. The smallest absolute Gasteiger partial charge is 0.335 e. The van der Waals surface area contributed by atoms with Crippen molar-refractivity contribution in [1.29, 1.82) is 5.26 Å². The number of anilines is 2. The monoisotopic (exact) mass is 429 g/mol. The molecule has 30 heavy (non-hydrogen) atoms. The lowest BCUT2D eigenvalue weighted by molar-refractivity contribution is 0.0696. The van der Waals surface area contributed by atoms with Crippen LogP contribution < -0.4 is 9.62 Å². The summed E-state index contributed by atoms with van der Waals surface area (Å²) in [5.41, 5.74) is 1.41. The first-order valence-electron chi connectivity index (χ1n) is 9.61. The van der Waals surface area contributed by atoms with Crippen molar-refractivity contribution >= 4 is 27.4 Å². The lowest BCUT2D eigenvalue weighted by Gasteiger charge is -2.33. The number of aromatic carboxylic acids is 1. The van der Waals surface area contributed by atoms with E-state index in [0.29, 0.717) is 37.2 Å². The lowest BCUT2D eigenvalue weighted by Crippen LogP contribution is -2.38. The summed E-state index contributed by atoms with van der Waals surface area (Å²) in [7, 11) is -4.12. The maximum Gasteiger partial charge on any atom is 0.335 e. The van der Waals surface area contributed by atoms with E-state index in [2.05, 4.69) is 4.72 Å². The second-order valence-electron chi connectivity index (χ2n) is 7.17. The number of aliphatic hydroxyl groups is 1. The van der Waals surface area contributed by atoms with Gasteiger partial charge in [0.25, 0.3) is 10.0 Å². The molecule has 158 valence electrons. The molecule has 9 heteroatoms. The van der Waals surface area contributed by atoms with Gasteiger partial charge >= 0.3 is 5.97 Å². The molecule has 2 aromatic rings. The Morgan fingerprint density at radius 2 is 2.07 bits per heavy atom. The number of rotatable bonds is 6. The number of aliphatic hydroxyl groups excluding tert-OH is 1. The predicted molar refractivity (Wildman–Crippen MR) is 112 cm³/mol. The third kappa shape index (κ3) is 4.56. The van der Waals surface area contributed by atoms with Crippen LogP contribution in [0.5, 0.6) is 0 Å². The summed E-state index contributed by atoms with van der Waals surface area (Å²) in [6.45, 7) is 2.79. The molecule has 0 spiro atoms. The summed E-state index contributed by atoms with van der Waals surface area (Å²) < 4.78 is 28.9. The normalized spacial score (nSPS) is 16.7. The highest BCUT2D eigenvalue weighted by molar-refractivity contribution is 7.92. The fraction of sp³-hybridized carbons (Fsp3) is 0.333. The van der Waals surface area contributed by atoms with Crippen LogP contribution in [0.4, 0.5) is 11.4 Å². The standard InChI is InChI=1S/C21H23N3O5S/c1-2-15-6-7-16(21(26)27)11-20(15)30(28,29)23-18-10-14(12-22)5-8-19(18)24-9-3-4-17(25)13-24/h5-8,10-11,17,23,25H,2-4,9,13H2,1H3,(H,26,27). The molecule has 1 saturated heterocycles. The summed E-state index contributed by atoms with van der Waals surface area (Å²) in [5.74, 6) is -1.22. The van der Waals surface area contributed by atoms with E-state index < -0.39 is 22.1 Å². The summed E-state index contributed by atoms with van der Waals surface area (Å²) >= 11 is 0. The number of nitriles is 1. The Bertz CT molecular complexity index is 1110. The van der Waals surface area contributed by atoms with Gasteiger partial charge in [0.2, 0.25) is 0 Å². The molecule has 1 aliphatic heterocycles. The Labute approximate surface area is 175 Å². The maximum absolute atomic E-state index is 13.2. The molecule has 8 nitrogen and oxygen atoms in total. The van der Waals surface area contributed by atoms with Crippen LogP contribution in [0, 0.1) is 11.3 Å². The molecule has 0 amide bonds. The number of hydrogen-bond acceptors (Lipinski definition) is 6. The summed E-state index contributed by atoms with van der Waals surface area (Å²) in [6, 6.07) is 10.7. The van der Waals surface area contributed by atoms with Gasteiger partial charge in [0.05, 0.1) is 39.6 Å². The van der Waals surface area contributed by atoms with Gasteiger partial charge in [-0.15, -0.1) is 0 Å². The average Bonchev–Trinajstić information content (AvgIpc) is 2.72. The summed E-state index contributed by atoms with van der Waals surface area (Å²) in [5, 5.41) is 28.5. The number of benzene rings is 2. The Morgan fingerprint density at radius 1 is 1.30 bits per heavy atom. The first-order valence-corrected chi connectivity index (χ1v) is 11.1. The SMILES string of the molecule is CCc1ccc(C(=O)O)cc1S(=O)(=O)Nc1cc(C#N)ccc1N1CCCC(O)C1. The topological polar surface area (TPSA) is 131 Å². The molecule has 1 unspecified atom stereocenters. The zero-order valence-corrected chi connectivity index (χ0v) is 17.3. The van der Waals surface area contributed by atoms with E-state index in [-0.39, 0.29) is 21.7 Å². The van der Waals surface area contributed by atoms with Gasteiger partial charge < -0.3 is 15.1 Å². The van der Waals surface area contributed by atoms with Gasteiger partial charge in [-0.3, -0.25) is 4.72 Å². The van der Waals surface area contributed by atoms with Crippen molar-refractivity contribution < 1.29 is 23.4 Å². The zero-order valence-electron chi connectivity index (χ0n) is 16.5. The van der Waals surface area contributed by atoms with Gasteiger partial charge in [0.1, 0.15) is 0 Å². The van der Waals surface area contributed by atoms with Crippen LogP contribution >= 0.6 is 0 Å². The molecular weight excluding hydrogens is 406 g/mol. The quantitative estimate of drug-likeness (QED) is 0.643. The minimum absolute atomic E-state index is 0.114. The van der Waals surface area contributed by atoms with Crippen LogP contribution in [0.25, 0.3) is 0 Å². The molecule has 0 radical (unpaired) electrons. The highest BCUT2D eigenvalue weighted by Gasteiger charge is 2.25. The van der Waals surface area contributed by atoms with Gasteiger partial charge in [-0.25, -0.2) is 13.2 Å². The lowest BCUT2D eigenvalue weighted by atomic mass is 10.1. The van der Waals surface area contributed by atoms with Crippen LogP contribution in [0.15, 0.2) is 41.3 Å². The first-order chi connectivity index (χ1) is 14.2. The van der Waals surface area contributed by atoms with Crippen LogP contribution in [0.2, 0.25) is 0 Å². The highest BCUT2D eigenvalue weighted by atomic mass is 32.2. The van der Waals surface area contributed by atoms with Gasteiger partial charge in [0.15, 0.2) is 0 Å². The molecule has 0 aromatic heterocycles. The third-order valence-corrected chi connectivity index (χ3v) is 6.54. The number of hydrogen-bond donors (Lipinski definition) is 3. The Balaban J connectivity index is 2.05. The van der Waals surface area contributed by atoms with Gasteiger partial charge in [0, 0.05) is 13.1 Å². The van der Waals surface area contributed by atoms with Gasteiger partial charge in [-0.2, -0.15) is 5.26 Å². The average molecular weight is 429 g/mol. The summed E-state index contributed by atoms with van der Waals surface area (Å²) in [6.07, 6.45) is 1.32. The molecule has 3 N–H and O–H groups in total. The third-order valence-electron chi connectivity index (χ3n) is 5.09. The molecule has 1 fully saturated rings. The van der Waals surface area contributed by atoms with E-state index in [4.69, 9.17) is 0 Å². The molecular formula is C21H23N3O5S. The number of carboxylic acids is 1. The second-order valence-corrected chi connectivity index (χ2v) is 8.82. The van der Waals surface area contributed by atoms with Crippen molar-refractivity contribution in [1.82, 2.24) is 0 Å². The minimum atomic E-state index is -4.12. The number of aryl methyl sites for hydroxylation is 1. The molecule has 1 heterocycles. The fourth-order valence-electron chi connectivity index (χ4n) is 3.57. The Morgan fingerprint density at radius 3 is 2.70 bits per heavy atom. The van der Waals surface area contributed by atoms with Crippen molar-refractivity contribution in [2.24, 2.45) is 0 Å². The number of β-amino-alcohol motifs (C(OH)–C–C–N with tert-alkyl or cyclic N) is 1. The number of carbonyl (C=O) groups is 1. The molecule has 0 aliphatic carbocycles. The molecule has 3 rings (SSSR count). The van der Waals surface area contributed by atoms with Crippen LogP contribution in [-0.4, -0.2) is 43.8 Å². The van der Waals surface area contributed by atoms with E-state index in [1.165, 1.54) is 18.2 Å². The van der Waals surface area contributed by atoms with Crippen molar-refractivity contribution in [3.8, 4) is 6.07 Å². The highest BCUT2D eigenvalue weighted by Crippen LogP contribution is 2.32. The molecule has 1 atom stereocenters. The number of carboxylic acid groups (broad SMARTS) is 1. The number of nitrogens with zero attached hydrogens (tertiary/aromatic N) is 2. The van der Waals surface area contributed by atoms with E-state index in [1.807, 2.05) is 11.0 Å². The minimum Gasteiger partial charge on any atom is -0.478 e. The fourth-order valence-corrected chi connectivity index (χ4v) is 4.97. The molecule has 0 bridgehead atoms. The van der Waals surface area contributed by atoms with Crippen LogP contribution in [0.1, 0.15) is 41.3 Å². The van der Waals surface area contributed by atoms with Crippen molar-refractivity contribution in [3.63, 3.8) is 0 Å². The van der Waals surface area contributed by atoms with E-state index in [1.54, 1.807) is 19.1 Å². The largest absolute Gasteiger partial charge is 0.478 e. The Hall–Kier alpha value is -3.09. The van der Waals surface area contributed by atoms with Crippen molar-refractivity contribution in [2.45, 2.75) is 37.2 Å². The number of piperidine rings is 1. The molecule has 1 aliphatic rings. The number of sulfonamides is 1. The first kappa shape index (κ1) is 21.6. The van der Waals surface area contributed by atoms with Crippen LogP contribution in [0.3, 0.4) is 0 Å². The van der Waals surface area contributed by atoms with E-state index in [0.717, 1.165) is 12.5 Å². The zero-order chi connectivity index (χ0) is 21.9. The maximum atomic E-state index is 13.2. The van der Waals surface area contributed by atoms with Crippen molar-refractivity contribution in [3.05, 3.63) is 53.1 Å². The van der Waals surface area contributed by atoms with Gasteiger partial charge in [-0.05, 0) is 55.2 Å². The van der Waals surface area contributed by atoms with E-state index in [9.17, 15) is 28.7 Å². The number of nitrogens with one attached hydrogen (secondary N) is 1. The second kappa shape index (κ2) is 8.73.